The summed E-state index contributed by atoms with van der Waals surface area (Å²) >= 11 is 0. The standard InChI is InChI=1S/C10H12F2N2O3S/c1-6(5-18(2)17)13-10-8(14(15)16)4-3-7(11)9(10)12/h3-4,6,13H,5H2,1-2H3. The predicted octanol–water partition coefficient (Wildman–Crippen LogP) is 2.05. The van der Waals surface area contributed by atoms with Crippen LogP contribution in [-0.2, 0) is 10.8 Å². The Labute approximate surface area is 105 Å². The monoisotopic (exact) mass is 278 g/mol. The highest BCUT2D eigenvalue weighted by molar-refractivity contribution is 7.84. The fourth-order valence-corrected chi connectivity index (χ4v) is 2.26. The van der Waals surface area contributed by atoms with E-state index in [1.165, 1.54) is 6.26 Å². The summed E-state index contributed by atoms with van der Waals surface area (Å²) < 4.78 is 37.5. The van der Waals surface area contributed by atoms with Crippen LogP contribution in [-0.4, -0.2) is 27.2 Å². The van der Waals surface area contributed by atoms with Gasteiger partial charge in [0.25, 0.3) is 5.69 Å². The van der Waals surface area contributed by atoms with Gasteiger partial charge in [-0.05, 0) is 13.0 Å². The first-order chi connectivity index (χ1) is 8.32. The number of nitro benzene ring substituents is 1. The molecule has 0 aromatic heterocycles. The summed E-state index contributed by atoms with van der Waals surface area (Å²) in [6, 6.07) is 1.10. The van der Waals surface area contributed by atoms with Crippen LogP contribution in [0.3, 0.4) is 0 Å². The van der Waals surface area contributed by atoms with Gasteiger partial charge in [-0.25, -0.2) is 8.78 Å². The molecule has 0 amide bonds. The van der Waals surface area contributed by atoms with Gasteiger partial charge in [-0.2, -0.15) is 0 Å². The minimum absolute atomic E-state index is 0.174. The second-order valence-electron chi connectivity index (χ2n) is 3.80. The van der Waals surface area contributed by atoms with E-state index in [-0.39, 0.29) is 5.75 Å². The van der Waals surface area contributed by atoms with Gasteiger partial charge in [0.05, 0.1) is 4.92 Å². The second-order valence-corrected chi connectivity index (χ2v) is 5.28. The summed E-state index contributed by atoms with van der Waals surface area (Å²) in [5, 5.41) is 13.2. The third kappa shape index (κ3) is 3.46. The van der Waals surface area contributed by atoms with Crippen molar-refractivity contribution in [2.75, 3.05) is 17.3 Å². The molecule has 0 heterocycles. The van der Waals surface area contributed by atoms with Crippen molar-refractivity contribution in [3.63, 3.8) is 0 Å². The van der Waals surface area contributed by atoms with Gasteiger partial charge in [-0.1, -0.05) is 0 Å². The third-order valence-corrected chi connectivity index (χ3v) is 3.11. The number of nitro groups is 1. The maximum atomic E-state index is 13.5. The molecule has 0 saturated carbocycles. The van der Waals surface area contributed by atoms with E-state index in [9.17, 15) is 23.1 Å². The first-order valence-corrected chi connectivity index (χ1v) is 6.74. The molecule has 5 nitrogen and oxygen atoms in total. The highest BCUT2D eigenvalue weighted by atomic mass is 32.2. The van der Waals surface area contributed by atoms with Gasteiger partial charge < -0.3 is 5.32 Å². The molecule has 1 aromatic rings. The Kier molecular flexibility index (Phi) is 4.71. The van der Waals surface area contributed by atoms with Crippen LogP contribution in [0.5, 0.6) is 0 Å². The van der Waals surface area contributed by atoms with E-state index >= 15 is 0 Å². The normalized spacial score (nSPS) is 14.0. The summed E-state index contributed by atoms with van der Waals surface area (Å²) in [6.45, 7) is 1.58. The fraction of sp³-hybridized carbons (Fsp3) is 0.400. The lowest BCUT2D eigenvalue weighted by Crippen LogP contribution is -2.23. The molecule has 0 saturated heterocycles. The van der Waals surface area contributed by atoms with Gasteiger partial charge in [-0.3, -0.25) is 14.3 Å². The SMILES string of the molecule is CC(CS(C)=O)Nc1c([N+](=O)[O-])ccc(F)c1F. The molecule has 8 heteroatoms. The third-order valence-electron chi connectivity index (χ3n) is 2.14. The first kappa shape index (κ1) is 14.5. The number of nitrogens with one attached hydrogen (secondary N) is 1. The molecule has 1 N–H and O–H groups in total. The molecule has 0 aliphatic heterocycles. The van der Waals surface area contributed by atoms with E-state index in [0.717, 1.165) is 6.07 Å². The topological polar surface area (TPSA) is 72.2 Å². The molecule has 0 radical (unpaired) electrons. The minimum atomic E-state index is -1.31. The van der Waals surface area contributed by atoms with Gasteiger partial charge in [-0.15, -0.1) is 0 Å². The Hall–Kier alpha value is -1.57. The molecule has 0 aliphatic rings. The second kappa shape index (κ2) is 5.85. The number of nitrogens with zero attached hydrogens (tertiary/aromatic N) is 1. The number of benzene rings is 1. The number of hydrogen-bond acceptors (Lipinski definition) is 4. The number of anilines is 1. The average molecular weight is 278 g/mol. The first-order valence-electron chi connectivity index (χ1n) is 5.02. The van der Waals surface area contributed by atoms with Gasteiger partial charge in [0.2, 0.25) is 0 Å². The average Bonchev–Trinajstić information content (AvgIpc) is 2.23. The summed E-state index contributed by atoms with van der Waals surface area (Å²) in [5.41, 5.74) is -1.07. The highest BCUT2D eigenvalue weighted by Gasteiger charge is 2.22. The van der Waals surface area contributed by atoms with E-state index in [1.54, 1.807) is 6.92 Å². The summed E-state index contributed by atoms with van der Waals surface area (Å²) in [7, 11) is -1.15. The Morgan fingerprint density at radius 2 is 2.11 bits per heavy atom. The number of hydrogen-bond donors (Lipinski definition) is 1. The quantitative estimate of drug-likeness (QED) is 0.661. The van der Waals surface area contributed by atoms with Crippen molar-refractivity contribution >= 4 is 22.2 Å². The molecule has 0 fully saturated rings. The Bertz CT molecular complexity index is 496. The number of halogens is 2. The van der Waals surface area contributed by atoms with Gasteiger partial charge in [0, 0.05) is 34.9 Å². The Morgan fingerprint density at radius 3 is 2.61 bits per heavy atom. The van der Waals surface area contributed by atoms with Crippen molar-refractivity contribution in [2.45, 2.75) is 13.0 Å². The van der Waals surface area contributed by atoms with Crippen LogP contribution in [0.15, 0.2) is 12.1 Å². The minimum Gasteiger partial charge on any atom is -0.374 e. The fourth-order valence-electron chi connectivity index (χ4n) is 1.47. The molecule has 1 aromatic carbocycles. The van der Waals surface area contributed by atoms with Crippen molar-refractivity contribution in [3.8, 4) is 0 Å². The largest absolute Gasteiger partial charge is 0.374 e. The van der Waals surface area contributed by atoms with Crippen molar-refractivity contribution in [3.05, 3.63) is 33.9 Å². The van der Waals surface area contributed by atoms with Crippen LogP contribution in [0, 0.1) is 21.7 Å². The summed E-state index contributed by atoms with van der Waals surface area (Å²) in [6.07, 6.45) is 1.45. The lowest BCUT2D eigenvalue weighted by molar-refractivity contribution is -0.384. The highest BCUT2D eigenvalue weighted by Crippen LogP contribution is 2.29. The van der Waals surface area contributed by atoms with Crippen LogP contribution in [0.4, 0.5) is 20.2 Å². The van der Waals surface area contributed by atoms with Gasteiger partial charge in [0.15, 0.2) is 17.3 Å². The Morgan fingerprint density at radius 1 is 1.50 bits per heavy atom. The van der Waals surface area contributed by atoms with Crippen LogP contribution < -0.4 is 5.32 Å². The van der Waals surface area contributed by atoms with Crippen LogP contribution in [0.25, 0.3) is 0 Å². The van der Waals surface area contributed by atoms with E-state index in [1.807, 2.05) is 0 Å². The summed E-state index contributed by atoms with van der Waals surface area (Å²) in [5.74, 6) is -2.31. The van der Waals surface area contributed by atoms with Crippen molar-refractivity contribution in [1.29, 1.82) is 0 Å². The maximum Gasteiger partial charge on any atom is 0.295 e. The van der Waals surface area contributed by atoms with Crippen molar-refractivity contribution in [2.24, 2.45) is 0 Å². The Balaban J connectivity index is 3.09. The lowest BCUT2D eigenvalue weighted by atomic mass is 10.2. The zero-order chi connectivity index (χ0) is 13.9. The molecule has 0 spiro atoms. The van der Waals surface area contributed by atoms with Crippen LogP contribution in [0.1, 0.15) is 6.92 Å². The summed E-state index contributed by atoms with van der Waals surface area (Å²) in [4.78, 5) is 9.90. The molecule has 18 heavy (non-hydrogen) atoms. The van der Waals surface area contributed by atoms with Crippen LogP contribution >= 0.6 is 0 Å². The van der Waals surface area contributed by atoms with Gasteiger partial charge in [0.1, 0.15) is 0 Å². The zero-order valence-electron chi connectivity index (χ0n) is 9.78. The molecule has 2 unspecified atom stereocenters. The van der Waals surface area contributed by atoms with Crippen LogP contribution in [0.2, 0.25) is 0 Å². The smallest absolute Gasteiger partial charge is 0.295 e. The zero-order valence-corrected chi connectivity index (χ0v) is 10.6. The van der Waals surface area contributed by atoms with Crippen molar-refractivity contribution in [1.82, 2.24) is 0 Å². The maximum absolute atomic E-state index is 13.5. The van der Waals surface area contributed by atoms with Gasteiger partial charge >= 0.3 is 0 Å². The molecule has 100 valence electrons. The van der Waals surface area contributed by atoms with E-state index in [0.29, 0.717) is 6.07 Å². The molecule has 0 bridgehead atoms. The molecular weight excluding hydrogens is 266 g/mol. The lowest BCUT2D eigenvalue weighted by Gasteiger charge is -2.14. The molecular formula is C10H12F2N2O3S. The molecule has 2 atom stereocenters. The molecule has 1 rings (SSSR count). The number of rotatable bonds is 5. The van der Waals surface area contributed by atoms with E-state index < -0.39 is 44.8 Å². The predicted molar refractivity (Wildman–Crippen MR) is 65.0 cm³/mol. The van der Waals surface area contributed by atoms with E-state index in [4.69, 9.17) is 0 Å². The molecule has 0 aliphatic carbocycles. The van der Waals surface area contributed by atoms with Crippen molar-refractivity contribution < 1.29 is 17.9 Å². The van der Waals surface area contributed by atoms with E-state index in [2.05, 4.69) is 5.32 Å².